The van der Waals surface area contributed by atoms with Gasteiger partial charge < -0.3 is 9.47 Å². The van der Waals surface area contributed by atoms with Crippen molar-refractivity contribution in [1.29, 1.82) is 0 Å². The Morgan fingerprint density at radius 1 is 0.857 bits per heavy atom. The number of hydrogen-bond donors (Lipinski definition) is 0. The maximum absolute atomic E-state index is 5.75. The van der Waals surface area contributed by atoms with Crippen LogP contribution in [0.2, 0.25) is 0 Å². The smallest absolute Gasteiger partial charge is 0.221 e. The molecule has 81 valence electrons. The highest BCUT2D eigenvalue weighted by Gasteiger charge is 2.33. The van der Waals surface area contributed by atoms with Gasteiger partial charge in [0.1, 0.15) is 0 Å². The summed E-state index contributed by atoms with van der Waals surface area (Å²) in [4.78, 5) is 0. The molecule has 2 saturated carbocycles. The minimum Gasteiger partial charge on any atom is -0.342 e. The molecule has 2 heteroatoms. The van der Waals surface area contributed by atoms with Crippen LogP contribution in [0.4, 0.5) is 0 Å². The summed E-state index contributed by atoms with van der Waals surface area (Å²) in [6.45, 7) is 6.44. The van der Waals surface area contributed by atoms with Crippen molar-refractivity contribution in [3.8, 4) is 0 Å². The molecule has 0 saturated heterocycles. The summed E-state index contributed by atoms with van der Waals surface area (Å²) in [5, 5.41) is 0. The van der Waals surface area contributed by atoms with Gasteiger partial charge in [-0.2, -0.15) is 0 Å². The van der Waals surface area contributed by atoms with Crippen molar-refractivity contribution >= 4 is 0 Å². The Hall–Kier alpha value is -0.0800. The van der Waals surface area contributed by atoms with Gasteiger partial charge in [0.2, 0.25) is 6.29 Å². The van der Waals surface area contributed by atoms with Gasteiger partial charge in [-0.05, 0) is 44.4 Å². The van der Waals surface area contributed by atoms with E-state index in [1.807, 2.05) is 6.92 Å². The summed E-state index contributed by atoms with van der Waals surface area (Å²) < 4.78 is 11.5. The molecule has 2 aliphatic rings. The van der Waals surface area contributed by atoms with Crippen molar-refractivity contribution < 1.29 is 9.47 Å². The number of ether oxygens (including phenoxy) is 2. The molecule has 0 aliphatic heterocycles. The zero-order valence-electron chi connectivity index (χ0n) is 9.45. The van der Waals surface area contributed by atoms with Crippen LogP contribution in [0.3, 0.4) is 0 Å². The van der Waals surface area contributed by atoms with E-state index in [1.54, 1.807) is 0 Å². The van der Waals surface area contributed by atoms with E-state index in [1.165, 1.54) is 25.7 Å². The molecule has 0 heterocycles. The molecule has 4 atom stereocenters. The molecule has 1 radical (unpaired) electrons. The zero-order chi connectivity index (χ0) is 10.1. The number of rotatable bonds is 4. The zero-order valence-corrected chi connectivity index (χ0v) is 9.45. The average molecular weight is 197 g/mol. The monoisotopic (exact) mass is 197 g/mol. The lowest BCUT2D eigenvalue weighted by molar-refractivity contribution is -0.162. The molecule has 2 rings (SSSR count). The van der Waals surface area contributed by atoms with Crippen molar-refractivity contribution in [2.45, 2.75) is 58.7 Å². The van der Waals surface area contributed by atoms with Crippen molar-refractivity contribution in [3.05, 3.63) is 6.29 Å². The Balaban J connectivity index is 1.65. The van der Waals surface area contributed by atoms with E-state index in [2.05, 4.69) is 13.8 Å². The first-order valence-corrected chi connectivity index (χ1v) is 5.83. The third-order valence-electron chi connectivity index (χ3n) is 3.72. The molecule has 0 spiro atoms. The van der Waals surface area contributed by atoms with E-state index in [0.29, 0.717) is 24.0 Å². The largest absolute Gasteiger partial charge is 0.342 e. The van der Waals surface area contributed by atoms with Crippen LogP contribution in [0.25, 0.3) is 0 Å². The second-order valence-electron chi connectivity index (χ2n) is 4.91. The fraction of sp³-hybridized carbons (Fsp3) is 0.917. The van der Waals surface area contributed by atoms with Gasteiger partial charge >= 0.3 is 0 Å². The predicted molar refractivity (Wildman–Crippen MR) is 55.5 cm³/mol. The van der Waals surface area contributed by atoms with Crippen LogP contribution in [0.15, 0.2) is 0 Å². The SMILES string of the molecule is C[C](OC1CCC1C)OC1CCC1C. The van der Waals surface area contributed by atoms with E-state index in [0.717, 1.165) is 6.29 Å². The van der Waals surface area contributed by atoms with Crippen LogP contribution in [-0.4, -0.2) is 12.2 Å². The first-order valence-electron chi connectivity index (χ1n) is 5.83. The van der Waals surface area contributed by atoms with Gasteiger partial charge in [-0.3, -0.25) is 0 Å². The summed E-state index contributed by atoms with van der Waals surface area (Å²) in [7, 11) is 0. The maximum Gasteiger partial charge on any atom is 0.221 e. The fourth-order valence-electron chi connectivity index (χ4n) is 2.08. The van der Waals surface area contributed by atoms with Gasteiger partial charge in [0.05, 0.1) is 12.2 Å². The highest BCUT2D eigenvalue weighted by Crippen LogP contribution is 2.35. The molecule has 0 bridgehead atoms. The molecule has 4 unspecified atom stereocenters. The Bertz CT molecular complexity index is 173. The first-order chi connectivity index (χ1) is 6.66. The molecule has 0 amide bonds. The lowest BCUT2D eigenvalue weighted by Crippen LogP contribution is -2.37. The Morgan fingerprint density at radius 3 is 1.50 bits per heavy atom. The minimum atomic E-state index is 0.422. The molecular formula is C12H21O2. The molecule has 0 aromatic rings. The molecule has 2 fully saturated rings. The normalized spacial score (nSPS) is 42.0. The Kier molecular flexibility index (Phi) is 3.13. The van der Waals surface area contributed by atoms with Gasteiger partial charge in [0.25, 0.3) is 0 Å². The molecule has 0 aromatic carbocycles. The molecule has 2 aliphatic carbocycles. The van der Waals surface area contributed by atoms with Crippen LogP contribution in [0.1, 0.15) is 46.5 Å². The molecular weight excluding hydrogens is 176 g/mol. The van der Waals surface area contributed by atoms with Crippen molar-refractivity contribution in [1.82, 2.24) is 0 Å². The quantitative estimate of drug-likeness (QED) is 0.689. The minimum absolute atomic E-state index is 0.422. The fourth-order valence-corrected chi connectivity index (χ4v) is 2.08. The topological polar surface area (TPSA) is 18.5 Å². The van der Waals surface area contributed by atoms with Gasteiger partial charge in [-0.25, -0.2) is 0 Å². The first kappa shape index (κ1) is 10.4. The third-order valence-corrected chi connectivity index (χ3v) is 3.72. The van der Waals surface area contributed by atoms with Crippen molar-refractivity contribution in [2.24, 2.45) is 11.8 Å². The van der Waals surface area contributed by atoms with E-state index in [9.17, 15) is 0 Å². The molecule has 0 N–H and O–H groups in total. The van der Waals surface area contributed by atoms with Crippen molar-refractivity contribution in [3.63, 3.8) is 0 Å². The third kappa shape index (κ3) is 2.12. The highest BCUT2D eigenvalue weighted by molar-refractivity contribution is 4.83. The predicted octanol–water partition coefficient (Wildman–Crippen LogP) is 3.13. The van der Waals surface area contributed by atoms with E-state index in [-0.39, 0.29) is 0 Å². The Labute approximate surface area is 87.0 Å². The van der Waals surface area contributed by atoms with Gasteiger partial charge in [0.15, 0.2) is 0 Å². The van der Waals surface area contributed by atoms with E-state index in [4.69, 9.17) is 9.47 Å². The van der Waals surface area contributed by atoms with Crippen molar-refractivity contribution in [2.75, 3.05) is 0 Å². The highest BCUT2D eigenvalue weighted by atomic mass is 16.7. The van der Waals surface area contributed by atoms with Crippen LogP contribution in [0, 0.1) is 18.1 Å². The maximum atomic E-state index is 5.75. The van der Waals surface area contributed by atoms with Gasteiger partial charge in [-0.1, -0.05) is 13.8 Å². The summed E-state index contributed by atoms with van der Waals surface area (Å²) in [5.41, 5.74) is 0. The summed E-state index contributed by atoms with van der Waals surface area (Å²) >= 11 is 0. The number of hydrogen-bond acceptors (Lipinski definition) is 2. The van der Waals surface area contributed by atoms with Gasteiger partial charge in [0, 0.05) is 0 Å². The standard InChI is InChI=1S/C12H21O2/c1-8-4-6-11(8)13-10(3)14-12-7-5-9(12)2/h8-9,11-12H,4-7H2,1-3H3. The lowest BCUT2D eigenvalue weighted by atomic mass is 9.83. The van der Waals surface area contributed by atoms with Crippen LogP contribution in [-0.2, 0) is 9.47 Å². The second-order valence-corrected chi connectivity index (χ2v) is 4.91. The average Bonchev–Trinajstić information content (AvgIpc) is 2.18. The molecule has 2 nitrogen and oxygen atoms in total. The molecule has 14 heavy (non-hydrogen) atoms. The van der Waals surface area contributed by atoms with Crippen LogP contribution < -0.4 is 0 Å². The summed E-state index contributed by atoms with van der Waals surface area (Å²) in [6.07, 6.45) is 6.63. The van der Waals surface area contributed by atoms with E-state index < -0.39 is 0 Å². The summed E-state index contributed by atoms with van der Waals surface area (Å²) in [6, 6.07) is 0. The second kappa shape index (κ2) is 4.19. The molecule has 0 aromatic heterocycles. The van der Waals surface area contributed by atoms with Crippen LogP contribution in [0.5, 0.6) is 0 Å². The van der Waals surface area contributed by atoms with Crippen LogP contribution >= 0.6 is 0 Å². The Morgan fingerprint density at radius 2 is 1.29 bits per heavy atom. The summed E-state index contributed by atoms with van der Waals surface area (Å²) in [5.74, 6) is 1.43. The van der Waals surface area contributed by atoms with Gasteiger partial charge in [-0.15, -0.1) is 0 Å². The lowest BCUT2D eigenvalue weighted by Gasteiger charge is -2.39. The van der Waals surface area contributed by atoms with E-state index >= 15 is 0 Å².